The molecule has 0 aliphatic carbocycles. The molecule has 1 aromatic rings. The van der Waals surface area contributed by atoms with Crippen molar-refractivity contribution in [2.45, 2.75) is 12.4 Å². The highest BCUT2D eigenvalue weighted by atomic mass is 19.4. The summed E-state index contributed by atoms with van der Waals surface area (Å²) < 4.78 is 40.1. The monoisotopic (exact) mass is 290 g/mol. The molecule has 1 aliphatic heterocycles. The summed E-state index contributed by atoms with van der Waals surface area (Å²) in [5.74, 6) is -0.252. The van der Waals surface area contributed by atoms with E-state index in [0.29, 0.717) is 0 Å². The third kappa shape index (κ3) is 4.09. The van der Waals surface area contributed by atoms with E-state index in [1.54, 1.807) is 12.1 Å². The summed E-state index contributed by atoms with van der Waals surface area (Å²) in [5.41, 5.74) is 0.781. The highest BCUT2D eigenvalue weighted by Gasteiger charge is 2.31. The molecule has 1 saturated heterocycles. The van der Waals surface area contributed by atoms with Crippen LogP contribution in [-0.4, -0.2) is 49.2 Å². The van der Waals surface area contributed by atoms with Crippen LogP contribution in [-0.2, 0) is 0 Å². The van der Waals surface area contributed by atoms with Crippen molar-refractivity contribution in [1.29, 1.82) is 0 Å². The van der Waals surface area contributed by atoms with Crippen molar-refractivity contribution in [3.63, 3.8) is 0 Å². The maximum Gasteiger partial charge on any atom is 0.573 e. The lowest BCUT2D eigenvalue weighted by Crippen LogP contribution is -2.46. The molecule has 1 heterocycles. The highest BCUT2D eigenvalue weighted by Crippen LogP contribution is 2.26. The van der Waals surface area contributed by atoms with Crippen molar-refractivity contribution in [3.05, 3.63) is 29.8 Å². The van der Waals surface area contributed by atoms with E-state index in [1.165, 1.54) is 12.1 Å². The van der Waals surface area contributed by atoms with E-state index in [1.807, 2.05) is 0 Å². The van der Waals surface area contributed by atoms with Gasteiger partial charge >= 0.3 is 6.36 Å². The van der Waals surface area contributed by atoms with E-state index in [-0.39, 0.29) is 18.4 Å². The Morgan fingerprint density at radius 1 is 1.20 bits per heavy atom. The number of hydrogen-bond donors (Lipinski definition) is 2. The van der Waals surface area contributed by atoms with Gasteiger partial charge in [-0.05, 0) is 17.7 Å². The molecule has 1 aliphatic rings. The predicted molar refractivity (Wildman–Crippen MR) is 67.4 cm³/mol. The Morgan fingerprint density at radius 3 is 2.30 bits per heavy atom. The van der Waals surface area contributed by atoms with Crippen molar-refractivity contribution in [2.24, 2.45) is 0 Å². The van der Waals surface area contributed by atoms with Crippen molar-refractivity contribution in [2.75, 3.05) is 32.8 Å². The molecule has 2 rings (SSSR count). The first kappa shape index (κ1) is 15.1. The van der Waals surface area contributed by atoms with Crippen LogP contribution < -0.4 is 10.1 Å². The summed E-state index contributed by atoms with van der Waals surface area (Å²) >= 11 is 0. The van der Waals surface area contributed by atoms with E-state index in [9.17, 15) is 18.3 Å². The fourth-order valence-corrected chi connectivity index (χ4v) is 2.32. The van der Waals surface area contributed by atoms with Gasteiger partial charge in [-0.25, -0.2) is 0 Å². The van der Waals surface area contributed by atoms with Crippen LogP contribution in [0.1, 0.15) is 11.6 Å². The number of hydrogen-bond acceptors (Lipinski definition) is 4. The highest BCUT2D eigenvalue weighted by molar-refractivity contribution is 5.29. The second kappa shape index (κ2) is 6.43. The zero-order chi connectivity index (χ0) is 14.6. The maximum absolute atomic E-state index is 12.1. The second-order valence-electron chi connectivity index (χ2n) is 4.60. The number of ether oxygens (including phenoxy) is 1. The molecule has 1 atom stereocenters. The SMILES string of the molecule is OCC(c1ccc(OC(F)(F)F)cc1)N1CCNCC1. The lowest BCUT2D eigenvalue weighted by Gasteiger charge is -2.34. The van der Waals surface area contributed by atoms with Crippen LogP contribution in [0, 0.1) is 0 Å². The van der Waals surface area contributed by atoms with Gasteiger partial charge in [0.25, 0.3) is 0 Å². The van der Waals surface area contributed by atoms with E-state index < -0.39 is 6.36 Å². The van der Waals surface area contributed by atoms with Crippen LogP contribution in [0.4, 0.5) is 13.2 Å². The fourth-order valence-electron chi connectivity index (χ4n) is 2.32. The number of aliphatic hydroxyl groups excluding tert-OH is 1. The Bertz CT molecular complexity index is 417. The Balaban J connectivity index is 2.06. The summed E-state index contributed by atoms with van der Waals surface area (Å²) in [6, 6.07) is 5.46. The van der Waals surface area contributed by atoms with Gasteiger partial charge in [-0.3, -0.25) is 4.90 Å². The van der Waals surface area contributed by atoms with E-state index in [2.05, 4.69) is 15.0 Å². The Hall–Kier alpha value is -1.31. The van der Waals surface area contributed by atoms with E-state index in [4.69, 9.17) is 0 Å². The number of aliphatic hydroxyl groups is 1. The standard InChI is InChI=1S/C13H17F3N2O2/c14-13(15,16)20-11-3-1-10(2-4-11)12(9-19)18-7-5-17-6-8-18/h1-4,12,17,19H,5-9H2. The number of piperazine rings is 1. The molecule has 0 spiro atoms. The van der Waals surface area contributed by atoms with Gasteiger partial charge < -0.3 is 15.2 Å². The summed E-state index contributed by atoms with van der Waals surface area (Å²) in [5, 5.41) is 12.7. The van der Waals surface area contributed by atoms with Crippen LogP contribution in [0.25, 0.3) is 0 Å². The fraction of sp³-hybridized carbons (Fsp3) is 0.538. The first-order valence-corrected chi connectivity index (χ1v) is 6.41. The van der Waals surface area contributed by atoms with Crippen LogP contribution in [0.5, 0.6) is 5.75 Å². The predicted octanol–water partition coefficient (Wildman–Crippen LogP) is 1.52. The molecule has 1 unspecified atom stereocenters. The molecule has 1 fully saturated rings. The first-order valence-electron chi connectivity index (χ1n) is 6.41. The summed E-state index contributed by atoms with van der Waals surface area (Å²) in [7, 11) is 0. The summed E-state index contributed by atoms with van der Waals surface area (Å²) in [6.07, 6.45) is -4.68. The molecule has 4 nitrogen and oxygen atoms in total. The van der Waals surface area contributed by atoms with Gasteiger partial charge in [0, 0.05) is 26.2 Å². The van der Waals surface area contributed by atoms with Crippen LogP contribution >= 0.6 is 0 Å². The van der Waals surface area contributed by atoms with Gasteiger partial charge in [-0.15, -0.1) is 13.2 Å². The maximum atomic E-state index is 12.1. The number of nitrogens with zero attached hydrogens (tertiary/aromatic N) is 1. The quantitative estimate of drug-likeness (QED) is 0.882. The lowest BCUT2D eigenvalue weighted by atomic mass is 10.1. The molecule has 0 amide bonds. The smallest absolute Gasteiger partial charge is 0.406 e. The number of rotatable bonds is 4. The second-order valence-corrected chi connectivity index (χ2v) is 4.60. The number of benzene rings is 1. The molecule has 1 aromatic carbocycles. The van der Waals surface area contributed by atoms with Crippen molar-refractivity contribution in [1.82, 2.24) is 10.2 Å². The number of nitrogens with one attached hydrogen (secondary N) is 1. The van der Waals surface area contributed by atoms with Gasteiger partial charge in [-0.1, -0.05) is 12.1 Å². The van der Waals surface area contributed by atoms with E-state index in [0.717, 1.165) is 31.7 Å². The number of halogens is 3. The zero-order valence-electron chi connectivity index (χ0n) is 10.9. The lowest BCUT2D eigenvalue weighted by molar-refractivity contribution is -0.274. The average Bonchev–Trinajstić information content (AvgIpc) is 2.41. The minimum absolute atomic E-state index is 0.0700. The van der Waals surface area contributed by atoms with Crippen LogP contribution in [0.3, 0.4) is 0 Å². The average molecular weight is 290 g/mol. The molecular formula is C13H17F3N2O2. The van der Waals surface area contributed by atoms with Crippen molar-refractivity contribution >= 4 is 0 Å². The molecule has 2 N–H and O–H groups in total. The Kier molecular flexibility index (Phi) is 4.85. The molecule has 0 bridgehead atoms. The van der Waals surface area contributed by atoms with Gasteiger partial charge in [-0.2, -0.15) is 0 Å². The third-order valence-corrected chi connectivity index (χ3v) is 3.26. The molecule has 0 radical (unpaired) electrons. The van der Waals surface area contributed by atoms with E-state index >= 15 is 0 Å². The summed E-state index contributed by atoms with van der Waals surface area (Å²) in [6.45, 7) is 3.20. The van der Waals surface area contributed by atoms with Crippen molar-refractivity contribution in [3.8, 4) is 5.75 Å². The Morgan fingerprint density at radius 2 is 1.80 bits per heavy atom. The molecule has 20 heavy (non-hydrogen) atoms. The molecule has 0 saturated carbocycles. The molecule has 0 aromatic heterocycles. The van der Waals surface area contributed by atoms with Crippen LogP contribution in [0.15, 0.2) is 24.3 Å². The van der Waals surface area contributed by atoms with Gasteiger partial charge in [0.1, 0.15) is 5.75 Å². The third-order valence-electron chi connectivity index (χ3n) is 3.26. The minimum Gasteiger partial charge on any atom is -0.406 e. The Labute approximate surface area is 115 Å². The number of alkyl halides is 3. The van der Waals surface area contributed by atoms with Crippen LogP contribution in [0.2, 0.25) is 0 Å². The molecule has 112 valence electrons. The zero-order valence-corrected chi connectivity index (χ0v) is 10.9. The molecular weight excluding hydrogens is 273 g/mol. The van der Waals surface area contributed by atoms with Gasteiger partial charge in [0.15, 0.2) is 0 Å². The topological polar surface area (TPSA) is 44.7 Å². The van der Waals surface area contributed by atoms with Crippen molar-refractivity contribution < 1.29 is 23.0 Å². The van der Waals surface area contributed by atoms with Gasteiger partial charge in [0.2, 0.25) is 0 Å². The molecule has 7 heteroatoms. The first-order chi connectivity index (χ1) is 9.49. The normalized spacial score (nSPS) is 18.8. The summed E-state index contributed by atoms with van der Waals surface area (Å²) in [4.78, 5) is 2.11. The van der Waals surface area contributed by atoms with Gasteiger partial charge in [0.05, 0.1) is 12.6 Å². The largest absolute Gasteiger partial charge is 0.573 e. The minimum atomic E-state index is -4.68.